The summed E-state index contributed by atoms with van der Waals surface area (Å²) in [5.74, 6) is -2.12. The van der Waals surface area contributed by atoms with E-state index in [2.05, 4.69) is 4.90 Å². The number of aliphatic hydroxyl groups is 1. The van der Waals surface area contributed by atoms with Gasteiger partial charge < -0.3 is 9.84 Å². The molecule has 3 atom stereocenters. The number of allylic oxidation sites excluding steroid dienone is 2. The second kappa shape index (κ2) is 9.51. The first-order valence-corrected chi connectivity index (χ1v) is 10.4. The van der Waals surface area contributed by atoms with Gasteiger partial charge in [-0.05, 0) is 31.9 Å². The summed E-state index contributed by atoms with van der Waals surface area (Å²) in [5.41, 5.74) is 0.909. The van der Waals surface area contributed by atoms with Gasteiger partial charge >= 0.3 is 0 Å². The molecule has 1 saturated heterocycles. The van der Waals surface area contributed by atoms with E-state index in [1.54, 1.807) is 24.3 Å². The van der Waals surface area contributed by atoms with Gasteiger partial charge in [0.25, 0.3) is 0 Å². The summed E-state index contributed by atoms with van der Waals surface area (Å²) in [5, 5.41) is 11.1. The number of nitrogens with zero attached hydrogens (tertiary/aromatic N) is 1. The largest absolute Gasteiger partial charge is 0.392 e. The molecule has 2 aliphatic rings. The summed E-state index contributed by atoms with van der Waals surface area (Å²) in [6.45, 7) is 5.14. The van der Waals surface area contributed by atoms with Gasteiger partial charge in [0.1, 0.15) is 5.92 Å². The summed E-state index contributed by atoms with van der Waals surface area (Å²) < 4.78 is 5.36. The van der Waals surface area contributed by atoms with Crippen LogP contribution < -0.4 is 0 Å². The maximum Gasteiger partial charge on any atom is 0.177 e. The molecule has 5 nitrogen and oxygen atoms in total. The molecule has 0 aromatic heterocycles. The quantitative estimate of drug-likeness (QED) is 0.443. The van der Waals surface area contributed by atoms with Crippen molar-refractivity contribution in [2.45, 2.75) is 32.4 Å². The van der Waals surface area contributed by atoms with Crippen LogP contribution in [-0.2, 0) is 16.1 Å². The summed E-state index contributed by atoms with van der Waals surface area (Å²) in [6.07, 6.45) is 3.56. The van der Waals surface area contributed by atoms with E-state index in [9.17, 15) is 14.7 Å². The minimum absolute atomic E-state index is 0.243. The van der Waals surface area contributed by atoms with Crippen molar-refractivity contribution < 1.29 is 19.4 Å². The SMILES string of the molecule is C/C=C/C1CCC(O)C(C(=O)c2ccc(Cl)c(CN3CCOCC3)c2Cl)C1=O. The summed E-state index contributed by atoms with van der Waals surface area (Å²) in [7, 11) is 0. The Morgan fingerprint density at radius 2 is 2.00 bits per heavy atom. The van der Waals surface area contributed by atoms with Crippen molar-refractivity contribution in [2.24, 2.45) is 11.8 Å². The first kappa shape index (κ1) is 21.5. The average molecular weight is 426 g/mol. The highest BCUT2D eigenvalue weighted by Gasteiger charge is 2.41. The van der Waals surface area contributed by atoms with Crippen molar-refractivity contribution in [3.8, 4) is 0 Å². The van der Waals surface area contributed by atoms with Crippen molar-refractivity contribution in [1.29, 1.82) is 0 Å². The number of hydrogen-bond donors (Lipinski definition) is 1. The third kappa shape index (κ3) is 4.50. The summed E-state index contributed by atoms with van der Waals surface area (Å²) in [4.78, 5) is 28.1. The van der Waals surface area contributed by atoms with Gasteiger partial charge in [-0.1, -0.05) is 35.4 Å². The van der Waals surface area contributed by atoms with Crippen LogP contribution in [0.4, 0.5) is 0 Å². The van der Waals surface area contributed by atoms with Crippen LogP contribution in [0.1, 0.15) is 35.7 Å². The molecule has 0 bridgehead atoms. The molecule has 1 heterocycles. The third-order valence-electron chi connectivity index (χ3n) is 5.47. The fourth-order valence-electron chi connectivity index (χ4n) is 3.89. The summed E-state index contributed by atoms with van der Waals surface area (Å²) in [6, 6.07) is 3.19. The van der Waals surface area contributed by atoms with Crippen molar-refractivity contribution >= 4 is 34.8 Å². The number of aliphatic hydroxyl groups excluding tert-OH is 1. The van der Waals surface area contributed by atoms with Crippen LogP contribution in [-0.4, -0.2) is 54.0 Å². The molecule has 1 aliphatic heterocycles. The Balaban J connectivity index is 1.88. The number of ketones is 2. The van der Waals surface area contributed by atoms with E-state index < -0.39 is 17.8 Å². The van der Waals surface area contributed by atoms with E-state index in [1.165, 1.54) is 0 Å². The van der Waals surface area contributed by atoms with Crippen LogP contribution in [0.2, 0.25) is 10.0 Å². The van der Waals surface area contributed by atoms with E-state index in [0.717, 1.165) is 13.1 Å². The molecule has 1 aromatic carbocycles. The lowest BCUT2D eigenvalue weighted by Crippen LogP contribution is -2.42. The van der Waals surface area contributed by atoms with Crippen LogP contribution in [0, 0.1) is 11.8 Å². The zero-order chi connectivity index (χ0) is 20.3. The van der Waals surface area contributed by atoms with Crippen LogP contribution >= 0.6 is 23.2 Å². The zero-order valence-electron chi connectivity index (χ0n) is 15.9. The number of morpholine rings is 1. The van der Waals surface area contributed by atoms with E-state index in [-0.39, 0.29) is 22.3 Å². The number of ether oxygens (including phenoxy) is 1. The highest BCUT2D eigenvalue weighted by atomic mass is 35.5. The molecule has 1 N–H and O–H groups in total. The predicted octanol–water partition coefficient (Wildman–Crippen LogP) is 3.54. The van der Waals surface area contributed by atoms with Crippen molar-refractivity contribution in [3.05, 3.63) is 45.5 Å². The Bertz CT molecular complexity index is 774. The Hall–Kier alpha value is -1.24. The lowest BCUT2D eigenvalue weighted by atomic mass is 9.74. The molecule has 7 heteroatoms. The number of carbonyl (C=O) groups is 2. The number of carbonyl (C=O) groups excluding carboxylic acids is 2. The highest BCUT2D eigenvalue weighted by Crippen LogP contribution is 2.35. The van der Waals surface area contributed by atoms with E-state index in [4.69, 9.17) is 27.9 Å². The van der Waals surface area contributed by atoms with Gasteiger partial charge in [-0.2, -0.15) is 0 Å². The van der Waals surface area contributed by atoms with Gasteiger partial charge in [0.2, 0.25) is 0 Å². The summed E-state index contributed by atoms with van der Waals surface area (Å²) >= 11 is 12.9. The average Bonchev–Trinajstić information content (AvgIpc) is 2.68. The maximum atomic E-state index is 13.2. The van der Waals surface area contributed by atoms with E-state index >= 15 is 0 Å². The third-order valence-corrected chi connectivity index (χ3v) is 6.26. The molecule has 0 radical (unpaired) electrons. The van der Waals surface area contributed by atoms with Gasteiger partial charge in [0.15, 0.2) is 11.6 Å². The Labute approximate surface area is 175 Å². The number of Topliss-reactive ketones (excluding diaryl/α,β-unsaturated/α-hetero) is 2. The van der Waals surface area contributed by atoms with E-state index in [0.29, 0.717) is 43.2 Å². The monoisotopic (exact) mass is 425 g/mol. The first-order chi connectivity index (χ1) is 13.4. The molecule has 0 amide bonds. The molecule has 3 rings (SSSR count). The topological polar surface area (TPSA) is 66.8 Å². The molecular formula is C21H25Cl2NO4. The standard InChI is InChI=1S/C21H25Cl2NO4/c1-2-3-13-4-7-17(25)18(20(13)26)21(27)14-5-6-16(22)15(19(14)23)12-24-8-10-28-11-9-24/h2-3,5-6,13,17-18,25H,4,7-12H2,1H3/b3-2+. The fourth-order valence-corrected chi connectivity index (χ4v) is 4.47. The predicted molar refractivity (Wildman–Crippen MR) is 109 cm³/mol. The fraction of sp³-hybridized carbons (Fsp3) is 0.524. The van der Waals surface area contributed by atoms with Crippen LogP contribution in [0.25, 0.3) is 0 Å². The number of benzene rings is 1. The van der Waals surface area contributed by atoms with Gasteiger partial charge in [-0.15, -0.1) is 0 Å². The molecule has 1 aromatic rings. The van der Waals surface area contributed by atoms with Crippen LogP contribution in [0.15, 0.2) is 24.3 Å². The molecule has 1 aliphatic carbocycles. The number of hydrogen-bond acceptors (Lipinski definition) is 5. The minimum Gasteiger partial charge on any atom is -0.392 e. The molecule has 0 spiro atoms. The van der Waals surface area contributed by atoms with E-state index in [1.807, 2.05) is 6.92 Å². The molecule has 3 unspecified atom stereocenters. The van der Waals surface area contributed by atoms with Crippen molar-refractivity contribution in [3.63, 3.8) is 0 Å². The number of rotatable bonds is 5. The Kier molecular flexibility index (Phi) is 7.29. The molecule has 28 heavy (non-hydrogen) atoms. The maximum absolute atomic E-state index is 13.2. The minimum atomic E-state index is -1.09. The van der Waals surface area contributed by atoms with Crippen molar-refractivity contribution in [1.82, 2.24) is 4.90 Å². The molecular weight excluding hydrogens is 401 g/mol. The molecule has 152 valence electrons. The van der Waals surface area contributed by atoms with Crippen LogP contribution in [0.3, 0.4) is 0 Å². The van der Waals surface area contributed by atoms with Crippen LogP contribution in [0.5, 0.6) is 0 Å². The second-order valence-electron chi connectivity index (χ2n) is 7.30. The molecule has 2 fully saturated rings. The zero-order valence-corrected chi connectivity index (χ0v) is 17.4. The Morgan fingerprint density at radius 1 is 1.29 bits per heavy atom. The smallest absolute Gasteiger partial charge is 0.177 e. The normalized spacial score (nSPS) is 26.7. The molecule has 1 saturated carbocycles. The number of halogens is 2. The lowest BCUT2D eigenvalue weighted by molar-refractivity contribution is -0.130. The van der Waals surface area contributed by atoms with Gasteiger partial charge in [0, 0.05) is 41.7 Å². The lowest BCUT2D eigenvalue weighted by Gasteiger charge is -2.30. The van der Waals surface area contributed by atoms with Gasteiger partial charge in [-0.3, -0.25) is 14.5 Å². The highest BCUT2D eigenvalue weighted by molar-refractivity contribution is 6.38. The van der Waals surface area contributed by atoms with Gasteiger partial charge in [-0.25, -0.2) is 0 Å². The van der Waals surface area contributed by atoms with Gasteiger partial charge in [0.05, 0.1) is 24.3 Å². The Morgan fingerprint density at radius 3 is 2.68 bits per heavy atom. The first-order valence-electron chi connectivity index (χ1n) is 9.59. The van der Waals surface area contributed by atoms with Crippen molar-refractivity contribution in [2.75, 3.05) is 26.3 Å². The second-order valence-corrected chi connectivity index (χ2v) is 8.08.